The topological polar surface area (TPSA) is 83.6 Å². The molecule has 0 radical (unpaired) electrons. The van der Waals surface area contributed by atoms with E-state index in [0.717, 1.165) is 11.4 Å². The molecular formula is C13H11N5OS. The Morgan fingerprint density at radius 2 is 2.30 bits per heavy atom. The molecular weight excluding hydrogens is 274 g/mol. The van der Waals surface area contributed by atoms with Gasteiger partial charge in [-0.3, -0.25) is 9.89 Å². The minimum Gasteiger partial charge on any atom is -0.321 e. The van der Waals surface area contributed by atoms with Gasteiger partial charge in [0.15, 0.2) is 5.82 Å². The molecule has 0 spiro atoms. The fraction of sp³-hybridized carbons (Fsp3) is 0.0769. The number of thiazole rings is 1. The number of benzene rings is 1. The number of rotatable bonds is 3. The lowest BCUT2D eigenvalue weighted by Gasteiger charge is -2.04. The van der Waals surface area contributed by atoms with Gasteiger partial charge in [0.25, 0.3) is 5.91 Å². The van der Waals surface area contributed by atoms with Gasteiger partial charge in [0.05, 0.1) is 5.51 Å². The number of anilines is 1. The van der Waals surface area contributed by atoms with Crippen molar-refractivity contribution in [1.82, 2.24) is 20.2 Å². The highest BCUT2D eigenvalue weighted by molar-refractivity contribution is 7.07. The predicted molar refractivity (Wildman–Crippen MR) is 76.6 cm³/mol. The van der Waals surface area contributed by atoms with Gasteiger partial charge in [0.1, 0.15) is 11.5 Å². The molecule has 2 aromatic heterocycles. The van der Waals surface area contributed by atoms with Crippen LogP contribution in [-0.2, 0) is 0 Å². The summed E-state index contributed by atoms with van der Waals surface area (Å²) in [7, 11) is 0. The molecule has 0 fully saturated rings. The first kappa shape index (κ1) is 12.5. The highest BCUT2D eigenvalue weighted by Crippen LogP contribution is 2.19. The Morgan fingerprint density at radius 3 is 3.00 bits per heavy atom. The molecule has 0 aliphatic carbocycles. The number of aromatic nitrogens is 4. The molecule has 7 heteroatoms. The Morgan fingerprint density at radius 1 is 1.40 bits per heavy atom. The van der Waals surface area contributed by atoms with Crippen molar-refractivity contribution in [3.63, 3.8) is 0 Å². The lowest BCUT2D eigenvalue weighted by Crippen LogP contribution is -2.12. The zero-order valence-electron chi connectivity index (χ0n) is 10.6. The zero-order chi connectivity index (χ0) is 13.9. The van der Waals surface area contributed by atoms with Crippen molar-refractivity contribution in [2.75, 3.05) is 5.32 Å². The van der Waals surface area contributed by atoms with Crippen molar-refractivity contribution in [1.29, 1.82) is 0 Å². The third-order valence-electron chi connectivity index (χ3n) is 2.64. The zero-order valence-corrected chi connectivity index (χ0v) is 11.4. The lowest BCUT2D eigenvalue weighted by molar-refractivity contribution is 0.102. The summed E-state index contributed by atoms with van der Waals surface area (Å²) in [6, 6.07) is 7.37. The molecule has 3 aromatic rings. The van der Waals surface area contributed by atoms with Gasteiger partial charge in [-0.05, 0) is 19.1 Å². The first-order valence-corrected chi connectivity index (χ1v) is 6.85. The van der Waals surface area contributed by atoms with Crippen molar-refractivity contribution >= 4 is 22.9 Å². The molecule has 0 saturated heterocycles. The van der Waals surface area contributed by atoms with Crippen LogP contribution in [0.1, 0.15) is 16.3 Å². The van der Waals surface area contributed by atoms with Gasteiger partial charge in [-0.25, -0.2) is 9.97 Å². The van der Waals surface area contributed by atoms with Crippen LogP contribution in [0.15, 0.2) is 35.2 Å². The number of aromatic amines is 1. The van der Waals surface area contributed by atoms with E-state index in [2.05, 4.69) is 25.5 Å². The van der Waals surface area contributed by atoms with E-state index >= 15 is 0 Å². The van der Waals surface area contributed by atoms with Crippen LogP contribution in [0.25, 0.3) is 11.4 Å². The third kappa shape index (κ3) is 2.57. The van der Waals surface area contributed by atoms with E-state index in [9.17, 15) is 4.79 Å². The maximum atomic E-state index is 11.9. The average Bonchev–Trinajstić information content (AvgIpc) is 3.10. The second kappa shape index (κ2) is 5.22. The summed E-state index contributed by atoms with van der Waals surface area (Å²) >= 11 is 1.39. The van der Waals surface area contributed by atoms with Crippen LogP contribution in [-0.4, -0.2) is 26.1 Å². The molecule has 0 saturated carbocycles. The fourth-order valence-corrected chi connectivity index (χ4v) is 2.26. The van der Waals surface area contributed by atoms with Gasteiger partial charge >= 0.3 is 0 Å². The first-order valence-electron chi connectivity index (χ1n) is 5.91. The average molecular weight is 285 g/mol. The van der Waals surface area contributed by atoms with Gasteiger partial charge in [-0.1, -0.05) is 12.1 Å². The molecule has 0 atom stereocenters. The summed E-state index contributed by atoms with van der Waals surface area (Å²) in [4.78, 5) is 20.2. The molecule has 6 nitrogen and oxygen atoms in total. The number of amides is 1. The van der Waals surface area contributed by atoms with Gasteiger partial charge in [0, 0.05) is 16.6 Å². The fourth-order valence-electron chi connectivity index (χ4n) is 1.73. The van der Waals surface area contributed by atoms with Crippen LogP contribution < -0.4 is 5.32 Å². The second-order valence-electron chi connectivity index (χ2n) is 4.15. The summed E-state index contributed by atoms with van der Waals surface area (Å²) in [5, 5.41) is 11.4. The Balaban J connectivity index is 1.83. The molecule has 1 amide bonds. The number of hydrogen-bond donors (Lipinski definition) is 2. The van der Waals surface area contributed by atoms with Crippen molar-refractivity contribution in [2.45, 2.75) is 6.92 Å². The predicted octanol–water partition coefficient (Wildman–Crippen LogP) is 2.49. The molecule has 0 bridgehead atoms. The van der Waals surface area contributed by atoms with E-state index in [1.165, 1.54) is 11.3 Å². The van der Waals surface area contributed by atoms with Crippen molar-refractivity contribution < 1.29 is 4.79 Å². The molecule has 0 aliphatic heterocycles. The van der Waals surface area contributed by atoms with Gasteiger partial charge in [-0.15, -0.1) is 11.3 Å². The van der Waals surface area contributed by atoms with Crippen LogP contribution in [0.2, 0.25) is 0 Å². The monoisotopic (exact) mass is 285 g/mol. The first-order chi connectivity index (χ1) is 9.72. The van der Waals surface area contributed by atoms with Gasteiger partial charge in [-0.2, -0.15) is 5.10 Å². The van der Waals surface area contributed by atoms with E-state index in [1.54, 1.807) is 10.9 Å². The van der Waals surface area contributed by atoms with Crippen LogP contribution in [0.3, 0.4) is 0 Å². The maximum absolute atomic E-state index is 11.9. The molecule has 100 valence electrons. The maximum Gasteiger partial charge on any atom is 0.275 e. The number of nitrogens with zero attached hydrogens (tertiary/aromatic N) is 3. The minimum absolute atomic E-state index is 0.227. The summed E-state index contributed by atoms with van der Waals surface area (Å²) in [6.45, 7) is 1.84. The number of hydrogen-bond acceptors (Lipinski definition) is 5. The number of H-pyrrole nitrogens is 1. The van der Waals surface area contributed by atoms with Crippen LogP contribution in [0.5, 0.6) is 0 Å². The van der Waals surface area contributed by atoms with Crippen molar-refractivity contribution in [3.8, 4) is 11.4 Å². The highest BCUT2D eigenvalue weighted by atomic mass is 32.1. The number of carbonyl (C=O) groups is 1. The molecule has 2 N–H and O–H groups in total. The van der Waals surface area contributed by atoms with E-state index in [4.69, 9.17) is 0 Å². The van der Waals surface area contributed by atoms with Crippen LogP contribution in [0, 0.1) is 6.92 Å². The molecule has 3 rings (SSSR count). The van der Waals surface area contributed by atoms with Crippen LogP contribution >= 0.6 is 11.3 Å². The molecule has 2 heterocycles. The quantitative estimate of drug-likeness (QED) is 0.774. The number of carbonyl (C=O) groups excluding carboxylic acids is 1. The molecule has 20 heavy (non-hydrogen) atoms. The number of nitrogens with one attached hydrogen (secondary N) is 2. The summed E-state index contributed by atoms with van der Waals surface area (Å²) in [5.74, 6) is 1.12. The smallest absolute Gasteiger partial charge is 0.275 e. The molecule has 1 aromatic carbocycles. The van der Waals surface area contributed by atoms with Gasteiger partial charge < -0.3 is 5.32 Å². The Labute approximate surface area is 118 Å². The standard InChI is InChI=1S/C13H11N5OS/c1-8-15-12(18-17-8)9-3-2-4-10(5-9)16-13(19)11-6-20-7-14-11/h2-7H,1H3,(H,16,19)(H,15,17,18). The molecule has 0 aliphatic rings. The van der Waals surface area contributed by atoms with E-state index in [0.29, 0.717) is 17.2 Å². The van der Waals surface area contributed by atoms with E-state index < -0.39 is 0 Å². The Bertz CT molecular complexity index is 735. The van der Waals surface area contributed by atoms with Crippen molar-refractivity contribution in [3.05, 3.63) is 46.7 Å². The normalized spacial score (nSPS) is 10.4. The van der Waals surface area contributed by atoms with E-state index in [1.807, 2.05) is 31.2 Å². The summed E-state index contributed by atoms with van der Waals surface area (Å²) in [6.07, 6.45) is 0. The SMILES string of the molecule is Cc1nc(-c2cccc(NC(=O)c3cscn3)c2)n[nH]1. The van der Waals surface area contributed by atoms with Crippen molar-refractivity contribution in [2.24, 2.45) is 0 Å². The summed E-state index contributed by atoms with van der Waals surface area (Å²) < 4.78 is 0. The van der Waals surface area contributed by atoms with E-state index in [-0.39, 0.29) is 5.91 Å². The van der Waals surface area contributed by atoms with Crippen LogP contribution in [0.4, 0.5) is 5.69 Å². The third-order valence-corrected chi connectivity index (χ3v) is 3.23. The summed E-state index contributed by atoms with van der Waals surface area (Å²) in [5.41, 5.74) is 3.56. The Kier molecular flexibility index (Phi) is 3.26. The lowest BCUT2D eigenvalue weighted by atomic mass is 10.2. The largest absolute Gasteiger partial charge is 0.321 e. The second-order valence-corrected chi connectivity index (χ2v) is 4.87. The van der Waals surface area contributed by atoms with Gasteiger partial charge in [0.2, 0.25) is 0 Å². The Hall–Kier alpha value is -2.54. The molecule has 0 unspecified atom stereocenters. The highest BCUT2D eigenvalue weighted by Gasteiger charge is 2.09. The minimum atomic E-state index is -0.227. The number of aryl methyl sites for hydroxylation is 1.